The quantitative estimate of drug-likeness (QED) is 0.668. The Hall–Kier alpha value is -1.89. The molecule has 18 heavy (non-hydrogen) atoms. The lowest BCUT2D eigenvalue weighted by Crippen LogP contribution is -1.94. The Morgan fingerprint density at radius 1 is 0.833 bits per heavy atom. The third-order valence-electron chi connectivity index (χ3n) is 3.19. The Labute approximate surface area is 109 Å². The maximum absolute atomic E-state index is 4.77. The van der Waals surface area contributed by atoms with Crippen molar-refractivity contribution in [2.24, 2.45) is 4.99 Å². The third-order valence-corrected chi connectivity index (χ3v) is 3.19. The van der Waals surface area contributed by atoms with Crippen molar-refractivity contribution in [1.29, 1.82) is 0 Å². The SMILES string of the molecule is C/C(=N\c1c(C)cccc1C)c1ccc(C)cc1. The summed E-state index contributed by atoms with van der Waals surface area (Å²) in [6.45, 7) is 8.38. The van der Waals surface area contributed by atoms with Crippen molar-refractivity contribution in [3.05, 3.63) is 64.7 Å². The van der Waals surface area contributed by atoms with Gasteiger partial charge in [0.15, 0.2) is 0 Å². The van der Waals surface area contributed by atoms with Gasteiger partial charge in [-0.2, -0.15) is 0 Å². The molecular weight excluding hydrogens is 218 g/mol. The third kappa shape index (κ3) is 2.67. The highest BCUT2D eigenvalue weighted by atomic mass is 14.7. The summed E-state index contributed by atoms with van der Waals surface area (Å²) < 4.78 is 0. The first kappa shape index (κ1) is 12.6. The molecule has 0 fully saturated rings. The molecule has 1 nitrogen and oxygen atoms in total. The fourth-order valence-corrected chi connectivity index (χ4v) is 2.01. The molecule has 0 saturated carbocycles. The maximum Gasteiger partial charge on any atom is 0.0691 e. The smallest absolute Gasteiger partial charge is 0.0691 e. The van der Waals surface area contributed by atoms with Crippen LogP contribution in [0.2, 0.25) is 0 Å². The van der Waals surface area contributed by atoms with Crippen LogP contribution in [0.5, 0.6) is 0 Å². The predicted molar refractivity (Wildman–Crippen MR) is 79.0 cm³/mol. The van der Waals surface area contributed by atoms with Crippen molar-refractivity contribution < 1.29 is 0 Å². The van der Waals surface area contributed by atoms with Crippen molar-refractivity contribution >= 4 is 11.4 Å². The second-order valence-corrected chi connectivity index (χ2v) is 4.80. The maximum atomic E-state index is 4.77. The molecule has 0 atom stereocenters. The molecule has 0 spiro atoms. The first-order chi connectivity index (χ1) is 8.58. The molecule has 0 unspecified atom stereocenters. The van der Waals surface area contributed by atoms with Crippen LogP contribution in [0.15, 0.2) is 47.5 Å². The summed E-state index contributed by atoms with van der Waals surface area (Å²) in [5.74, 6) is 0. The lowest BCUT2D eigenvalue weighted by atomic mass is 10.1. The van der Waals surface area contributed by atoms with E-state index < -0.39 is 0 Å². The van der Waals surface area contributed by atoms with Crippen LogP contribution in [-0.4, -0.2) is 5.71 Å². The average Bonchev–Trinajstić information content (AvgIpc) is 2.34. The van der Waals surface area contributed by atoms with Gasteiger partial charge in [0, 0.05) is 5.71 Å². The van der Waals surface area contributed by atoms with Crippen LogP contribution in [0.25, 0.3) is 0 Å². The monoisotopic (exact) mass is 237 g/mol. The number of nitrogens with zero attached hydrogens (tertiary/aromatic N) is 1. The second-order valence-electron chi connectivity index (χ2n) is 4.80. The Bertz CT molecular complexity index is 557. The Kier molecular flexibility index (Phi) is 3.61. The number of para-hydroxylation sites is 1. The van der Waals surface area contributed by atoms with Gasteiger partial charge in [-0.25, -0.2) is 0 Å². The second kappa shape index (κ2) is 5.18. The zero-order chi connectivity index (χ0) is 13.1. The molecule has 0 aliphatic heterocycles. The van der Waals surface area contributed by atoms with Crippen molar-refractivity contribution in [2.45, 2.75) is 27.7 Å². The van der Waals surface area contributed by atoms with Gasteiger partial charge in [0.05, 0.1) is 5.69 Å². The summed E-state index contributed by atoms with van der Waals surface area (Å²) in [6, 6.07) is 14.8. The van der Waals surface area contributed by atoms with E-state index in [4.69, 9.17) is 4.99 Å². The molecule has 92 valence electrons. The Balaban J connectivity index is 2.41. The molecule has 0 aliphatic carbocycles. The zero-order valence-corrected chi connectivity index (χ0v) is 11.5. The van der Waals surface area contributed by atoms with Crippen LogP contribution in [0, 0.1) is 20.8 Å². The van der Waals surface area contributed by atoms with Crippen molar-refractivity contribution in [2.75, 3.05) is 0 Å². The summed E-state index contributed by atoms with van der Waals surface area (Å²) in [7, 11) is 0. The standard InChI is InChI=1S/C17H19N/c1-12-8-10-16(11-9-12)15(4)18-17-13(2)6-5-7-14(17)3/h5-11H,1-4H3/b18-15+. The number of rotatable bonds is 2. The number of benzene rings is 2. The summed E-state index contributed by atoms with van der Waals surface area (Å²) in [5.41, 5.74) is 7.06. The molecular formula is C17H19N. The van der Waals surface area contributed by atoms with Gasteiger partial charge in [-0.1, -0.05) is 48.0 Å². The minimum Gasteiger partial charge on any atom is -0.253 e. The summed E-state index contributed by atoms with van der Waals surface area (Å²) in [5, 5.41) is 0. The summed E-state index contributed by atoms with van der Waals surface area (Å²) >= 11 is 0. The van der Waals surface area contributed by atoms with Crippen LogP contribution in [0.3, 0.4) is 0 Å². The van der Waals surface area contributed by atoms with E-state index in [-0.39, 0.29) is 0 Å². The highest BCUT2D eigenvalue weighted by molar-refractivity contribution is 6.00. The molecule has 0 amide bonds. The molecule has 2 rings (SSSR count). The van der Waals surface area contributed by atoms with Gasteiger partial charge < -0.3 is 0 Å². The van der Waals surface area contributed by atoms with Crippen LogP contribution in [0.1, 0.15) is 29.2 Å². The fourth-order valence-electron chi connectivity index (χ4n) is 2.01. The number of aryl methyl sites for hydroxylation is 3. The first-order valence-corrected chi connectivity index (χ1v) is 6.26. The highest BCUT2D eigenvalue weighted by Crippen LogP contribution is 2.24. The minimum atomic E-state index is 1.06. The van der Waals surface area contributed by atoms with Gasteiger partial charge in [0.25, 0.3) is 0 Å². The molecule has 0 aromatic heterocycles. The van der Waals surface area contributed by atoms with Gasteiger partial charge in [0.2, 0.25) is 0 Å². The summed E-state index contributed by atoms with van der Waals surface area (Å²) in [4.78, 5) is 4.77. The molecule has 1 heteroatoms. The van der Waals surface area contributed by atoms with E-state index in [9.17, 15) is 0 Å². The number of hydrogen-bond acceptors (Lipinski definition) is 1. The van der Waals surface area contributed by atoms with E-state index in [0.717, 1.165) is 11.4 Å². The van der Waals surface area contributed by atoms with Crippen LogP contribution in [0.4, 0.5) is 5.69 Å². The number of hydrogen-bond donors (Lipinski definition) is 0. The van der Waals surface area contributed by atoms with E-state index in [0.29, 0.717) is 0 Å². The normalized spacial score (nSPS) is 11.7. The topological polar surface area (TPSA) is 12.4 Å². The molecule has 0 saturated heterocycles. The number of aliphatic imine (C=N–C) groups is 1. The molecule has 2 aromatic rings. The van der Waals surface area contributed by atoms with Crippen LogP contribution < -0.4 is 0 Å². The molecule has 0 radical (unpaired) electrons. The Morgan fingerprint density at radius 3 is 1.94 bits per heavy atom. The minimum absolute atomic E-state index is 1.06. The fraction of sp³-hybridized carbons (Fsp3) is 0.235. The van der Waals surface area contributed by atoms with Crippen LogP contribution in [-0.2, 0) is 0 Å². The Morgan fingerprint density at radius 2 is 1.39 bits per heavy atom. The van der Waals surface area contributed by atoms with Crippen molar-refractivity contribution in [3.63, 3.8) is 0 Å². The largest absolute Gasteiger partial charge is 0.253 e. The zero-order valence-electron chi connectivity index (χ0n) is 11.5. The lowest BCUT2D eigenvalue weighted by Gasteiger charge is -2.07. The van der Waals surface area contributed by atoms with Gasteiger partial charge in [-0.3, -0.25) is 4.99 Å². The van der Waals surface area contributed by atoms with E-state index in [1.807, 2.05) is 0 Å². The lowest BCUT2D eigenvalue weighted by molar-refractivity contribution is 1.32. The van der Waals surface area contributed by atoms with Crippen molar-refractivity contribution in [3.8, 4) is 0 Å². The summed E-state index contributed by atoms with van der Waals surface area (Å²) in [6.07, 6.45) is 0. The average molecular weight is 237 g/mol. The van der Waals surface area contributed by atoms with Crippen LogP contribution >= 0.6 is 0 Å². The van der Waals surface area contributed by atoms with Gasteiger partial charge in [-0.15, -0.1) is 0 Å². The van der Waals surface area contributed by atoms with E-state index in [1.54, 1.807) is 0 Å². The van der Waals surface area contributed by atoms with E-state index >= 15 is 0 Å². The first-order valence-electron chi connectivity index (χ1n) is 6.26. The van der Waals surface area contributed by atoms with Crippen molar-refractivity contribution in [1.82, 2.24) is 0 Å². The molecule has 0 heterocycles. The predicted octanol–water partition coefficient (Wildman–Crippen LogP) is 4.75. The molecule has 2 aromatic carbocycles. The highest BCUT2D eigenvalue weighted by Gasteiger charge is 2.02. The van der Waals surface area contributed by atoms with Gasteiger partial charge >= 0.3 is 0 Å². The molecule has 0 aliphatic rings. The molecule has 0 bridgehead atoms. The molecule has 0 N–H and O–H groups in total. The van der Waals surface area contributed by atoms with E-state index in [2.05, 4.69) is 70.2 Å². The van der Waals surface area contributed by atoms with Gasteiger partial charge in [0.1, 0.15) is 0 Å². The van der Waals surface area contributed by atoms with E-state index in [1.165, 1.54) is 22.3 Å². The van der Waals surface area contributed by atoms with Gasteiger partial charge in [-0.05, 0) is 44.4 Å².